The van der Waals surface area contributed by atoms with Gasteiger partial charge in [0.2, 0.25) is 10.0 Å². The first-order valence-electron chi connectivity index (χ1n) is 8.99. The molecule has 0 radical (unpaired) electrons. The number of hydrogen-bond donors (Lipinski definition) is 1. The Labute approximate surface area is 176 Å². The molecular formula is C22H21ClN2O3S. The first-order valence-corrected chi connectivity index (χ1v) is 10.8. The number of nitrogens with zero attached hydrogens (tertiary/aromatic N) is 1. The summed E-state index contributed by atoms with van der Waals surface area (Å²) < 4.78 is 26.5. The van der Waals surface area contributed by atoms with E-state index in [1.54, 1.807) is 66.7 Å². The molecule has 0 saturated heterocycles. The minimum atomic E-state index is -3.56. The van der Waals surface area contributed by atoms with E-state index in [9.17, 15) is 13.2 Å². The molecule has 29 heavy (non-hydrogen) atoms. The Morgan fingerprint density at radius 1 is 0.931 bits per heavy atom. The molecule has 0 aliphatic heterocycles. The average molecular weight is 429 g/mol. The van der Waals surface area contributed by atoms with Crippen LogP contribution in [0.2, 0.25) is 5.02 Å². The second-order valence-corrected chi connectivity index (χ2v) is 9.06. The number of halogens is 1. The third-order valence-corrected chi connectivity index (χ3v) is 6.47. The van der Waals surface area contributed by atoms with E-state index in [2.05, 4.69) is 5.32 Å². The van der Waals surface area contributed by atoms with E-state index in [1.807, 2.05) is 12.1 Å². The molecule has 0 spiro atoms. The molecule has 0 aromatic heterocycles. The van der Waals surface area contributed by atoms with Crippen LogP contribution in [0.4, 0.5) is 0 Å². The SMILES string of the molecule is CN(Cc1ccc(C(=O)NCc2cccc(Cl)c2)cc1)S(=O)(=O)c1ccccc1. The number of amides is 1. The molecule has 0 bridgehead atoms. The van der Waals surface area contributed by atoms with Gasteiger partial charge in [-0.1, -0.05) is 54.1 Å². The van der Waals surface area contributed by atoms with Gasteiger partial charge in [-0.2, -0.15) is 4.31 Å². The van der Waals surface area contributed by atoms with Crippen molar-refractivity contribution in [2.24, 2.45) is 0 Å². The fourth-order valence-electron chi connectivity index (χ4n) is 2.81. The molecule has 0 saturated carbocycles. The summed E-state index contributed by atoms with van der Waals surface area (Å²) in [6, 6.07) is 22.5. The first-order chi connectivity index (χ1) is 13.9. The minimum absolute atomic E-state index is 0.207. The number of rotatable bonds is 7. The van der Waals surface area contributed by atoms with Crippen molar-refractivity contribution in [3.8, 4) is 0 Å². The third-order valence-electron chi connectivity index (χ3n) is 4.41. The minimum Gasteiger partial charge on any atom is -0.348 e. The molecule has 0 heterocycles. The van der Waals surface area contributed by atoms with Crippen LogP contribution < -0.4 is 5.32 Å². The Morgan fingerprint density at radius 2 is 1.62 bits per heavy atom. The number of carbonyl (C=O) groups is 1. The Bertz CT molecular complexity index is 1080. The monoisotopic (exact) mass is 428 g/mol. The molecule has 0 unspecified atom stereocenters. The summed E-state index contributed by atoms with van der Waals surface area (Å²) in [5.74, 6) is -0.207. The lowest BCUT2D eigenvalue weighted by Gasteiger charge is -2.17. The van der Waals surface area contributed by atoms with E-state index in [0.717, 1.165) is 11.1 Å². The van der Waals surface area contributed by atoms with Gasteiger partial charge in [-0.3, -0.25) is 4.79 Å². The van der Waals surface area contributed by atoms with E-state index in [1.165, 1.54) is 11.4 Å². The second kappa shape index (κ2) is 9.22. The van der Waals surface area contributed by atoms with Crippen molar-refractivity contribution in [1.82, 2.24) is 9.62 Å². The van der Waals surface area contributed by atoms with Crippen LogP contribution >= 0.6 is 11.6 Å². The molecule has 1 N–H and O–H groups in total. The molecule has 5 nitrogen and oxygen atoms in total. The van der Waals surface area contributed by atoms with Gasteiger partial charge in [-0.25, -0.2) is 8.42 Å². The summed E-state index contributed by atoms with van der Waals surface area (Å²) in [5, 5.41) is 3.47. The van der Waals surface area contributed by atoms with Crippen LogP contribution in [-0.4, -0.2) is 25.7 Å². The topological polar surface area (TPSA) is 66.5 Å². The molecule has 0 aliphatic carbocycles. The van der Waals surface area contributed by atoms with Crippen molar-refractivity contribution < 1.29 is 13.2 Å². The Hall–Kier alpha value is -2.67. The molecule has 0 fully saturated rings. The standard InChI is InChI=1S/C22H21ClN2O3S/c1-25(29(27,28)21-8-3-2-4-9-21)16-17-10-12-19(13-11-17)22(26)24-15-18-6-5-7-20(23)14-18/h2-14H,15-16H2,1H3,(H,24,26). The summed E-state index contributed by atoms with van der Waals surface area (Å²) in [5.41, 5.74) is 2.21. The van der Waals surface area contributed by atoms with Crippen LogP contribution in [0.1, 0.15) is 21.5 Å². The van der Waals surface area contributed by atoms with Crippen molar-refractivity contribution in [1.29, 1.82) is 0 Å². The molecule has 1 amide bonds. The largest absolute Gasteiger partial charge is 0.348 e. The average Bonchev–Trinajstić information content (AvgIpc) is 2.73. The van der Waals surface area contributed by atoms with Crippen molar-refractivity contribution in [3.63, 3.8) is 0 Å². The van der Waals surface area contributed by atoms with Gasteiger partial charge in [-0.15, -0.1) is 0 Å². The van der Waals surface area contributed by atoms with E-state index in [0.29, 0.717) is 17.1 Å². The van der Waals surface area contributed by atoms with Crippen LogP contribution in [0.5, 0.6) is 0 Å². The lowest BCUT2D eigenvalue weighted by molar-refractivity contribution is 0.0951. The summed E-state index contributed by atoms with van der Waals surface area (Å²) >= 11 is 5.95. The zero-order valence-electron chi connectivity index (χ0n) is 15.9. The smallest absolute Gasteiger partial charge is 0.251 e. The van der Waals surface area contributed by atoms with Gasteiger partial charge in [0.05, 0.1) is 4.90 Å². The quantitative estimate of drug-likeness (QED) is 0.616. The number of benzene rings is 3. The number of sulfonamides is 1. The van der Waals surface area contributed by atoms with Crippen molar-refractivity contribution >= 4 is 27.5 Å². The van der Waals surface area contributed by atoms with E-state index < -0.39 is 10.0 Å². The Balaban J connectivity index is 1.61. The van der Waals surface area contributed by atoms with Gasteiger partial charge in [0, 0.05) is 30.7 Å². The summed E-state index contributed by atoms with van der Waals surface area (Å²) in [7, 11) is -2.03. The molecule has 3 aromatic carbocycles. The van der Waals surface area contributed by atoms with Crippen LogP contribution in [-0.2, 0) is 23.1 Å². The van der Waals surface area contributed by atoms with Gasteiger partial charge in [0.25, 0.3) is 5.91 Å². The van der Waals surface area contributed by atoms with Crippen molar-refractivity contribution in [3.05, 3.63) is 101 Å². The first kappa shape index (κ1) is 21.0. The van der Waals surface area contributed by atoms with Crippen molar-refractivity contribution in [2.75, 3.05) is 7.05 Å². The molecule has 0 aliphatic rings. The van der Waals surface area contributed by atoms with Gasteiger partial charge < -0.3 is 5.32 Å². The predicted molar refractivity (Wildman–Crippen MR) is 114 cm³/mol. The summed E-state index contributed by atoms with van der Waals surface area (Å²) in [6.07, 6.45) is 0. The van der Waals surface area contributed by atoms with Crippen molar-refractivity contribution in [2.45, 2.75) is 18.0 Å². The molecular weight excluding hydrogens is 408 g/mol. The molecule has 3 aromatic rings. The molecule has 7 heteroatoms. The maximum atomic E-state index is 12.6. The maximum absolute atomic E-state index is 12.6. The highest BCUT2D eigenvalue weighted by molar-refractivity contribution is 7.89. The highest BCUT2D eigenvalue weighted by Gasteiger charge is 2.20. The molecule has 0 atom stereocenters. The molecule has 3 rings (SSSR count). The molecule has 150 valence electrons. The highest BCUT2D eigenvalue weighted by Crippen LogP contribution is 2.17. The zero-order chi connectivity index (χ0) is 20.9. The highest BCUT2D eigenvalue weighted by atomic mass is 35.5. The van der Waals surface area contributed by atoms with Crippen LogP contribution in [0.3, 0.4) is 0 Å². The number of carbonyl (C=O) groups excluding carboxylic acids is 1. The van der Waals surface area contributed by atoms with E-state index in [-0.39, 0.29) is 17.3 Å². The van der Waals surface area contributed by atoms with Crippen LogP contribution in [0.25, 0.3) is 0 Å². The van der Waals surface area contributed by atoms with Gasteiger partial charge in [0.1, 0.15) is 0 Å². The van der Waals surface area contributed by atoms with Gasteiger partial charge in [-0.05, 0) is 47.5 Å². The summed E-state index contributed by atoms with van der Waals surface area (Å²) in [4.78, 5) is 12.6. The normalized spacial score (nSPS) is 11.4. The fraction of sp³-hybridized carbons (Fsp3) is 0.136. The predicted octanol–water partition coefficient (Wildman–Crippen LogP) is 4.09. The second-order valence-electron chi connectivity index (χ2n) is 6.58. The lowest BCUT2D eigenvalue weighted by Crippen LogP contribution is -2.26. The summed E-state index contributed by atoms with van der Waals surface area (Å²) in [6.45, 7) is 0.584. The third kappa shape index (κ3) is 5.44. The number of nitrogens with one attached hydrogen (secondary N) is 1. The van der Waals surface area contributed by atoms with Crippen LogP contribution in [0, 0.1) is 0 Å². The van der Waals surface area contributed by atoms with E-state index >= 15 is 0 Å². The maximum Gasteiger partial charge on any atom is 0.251 e. The lowest BCUT2D eigenvalue weighted by atomic mass is 10.1. The van der Waals surface area contributed by atoms with E-state index in [4.69, 9.17) is 11.6 Å². The van der Waals surface area contributed by atoms with Crippen LogP contribution in [0.15, 0.2) is 83.8 Å². The fourth-order valence-corrected chi connectivity index (χ4v) is 4.20. The Kier molecular flexibility index (Phi) is 6.69. The number of hydrogen-bond acceptors (Lipinski definition) is 3. The Morgan fingerprint density at radius 3 is 2.28 bits per heavy atom. The zero-order valence-corrected chi connectivity index (χ0v) is 17.5. The van der Waals surface area contributed by atoms with Gasteiger partial charge >= 0.3 is 0 Å². The van der Waals surface area contributed by atoms with Gasteiger partial charge in [0.15, 0.2) is 0 Å².